The summed E-state index contributed by atoms with van der Waals surface area (Å²) in [5.74, 6) is 0.470. The Kier molecular flexibility index (Phi) is 5.66. The van der Waals surface area contributed by atoms with E-state index in [1.54, 1.807) is 28.0 Å². The van der Waals surface area contributed by atoms with E-state index in [-0.39, 0.29) is 6.09 Å². The van der Waals surface area contributed by atoms with E-state index >= 15 is 0 Å². The van der Waals surface area contributed by atoms with Crippen molar-refractivity contribution in [2.24, 2.45) is 5.73 Å². The molecule has 2 amide bonds. The van der Waals surface area contributed by atoms with E-state index in [0.29, 0.717) is 38.5 Å². The predicted octanol–water partition coefficient (Wildman–Crippen LogP) is 2.20. The highest BCUT2D eigenvalue weighted by molar-refractivity contribution is 5.72. The first-order chi connectivity index (χ1) is 11.3. The Hall–Kier alpha value is -2.28. The van der Waals surface area contributed by atoms with Crippen LogP contribution >= 0.6 is 0 Å². The lowest BCUT2D eigenvalue weighted by Gasteiger charge is -2.35. The maximum Gasteiger partial charge on any atom is 0.415 e. The fourth-order valence-corrected chi connectivity index (χ4v) is 2.30. The second-order valence-corrected chi connectivity index (χ2v) is 6.67. The van der Waals surface area contributed by atoms with E-state index in [9.17, 15) is 9.59 Å². The Morgan fingerprint density at radius 2 is 1.67 bits per heavy atom. The first-order valence-electron chi connectivity index (χ1n) is 8.02. The lowest BCUT2D eigenvalue weighted by molar-refractivity contribution is 0.0154. The van der Waals surface area contributed by atoms with Crippen LogP contribution in [-0.4, -0.2) is 53.8 Å². The minimum Gasteiger partial charge on any atom is -0.444 e. The van der Waals surface area contributed by atoms with Gasteiger partial charge in [-0.25, -0.2) is 9.59 Å². The predicted molar refractivity (Wildman–Crippen MR) is 89.7 cm³/mol. The van der Waals surface area contributed by atoms with Gasteiger partial charge >= 0.3 is 12.2 Å². The molecule has 2 rings (SSSR count). The molecule has 0 unspecified atom stereocenters. The molecule has 24 heavy (non-hydrogen) atoms. The Bertz CT molecular complexity index is 590. The molecular weight excluding hydrogens is 310 g/mol. The fourth-order valence-electron chi connectivity index (χ4n) is 2.30. The van der Waals surface area contributed by atoms with Gasteiger partial charge in [0.2, 0.25) is 0 Å². The van der Waals surface area contributed by atoms with Crippen molar-refractivity contribution in [2.45, 2.75) is 32.9 Å². The molecule has 1 heterocycles. The van der Waals surface area contributed by atoms with Crippen LogP contribution in [0.2, 0.25) is 0 Å². The van der Waals surface area contributed by atoms with Gasteiger partial charge in [-0.15, -0.1) is 0 Å². The normalized spacial score (nSPS) is 15.2. The van der Waals surface area contributed by atoms with Gasteiger partial charge in [0.15, 0.2) is 0 Å². The van der Waals surface area contributed by atoms with Crippen molar-refractivity contribution in [3.05, 3.63) is 29.8 Å². The summed E-state index contributed by atoms with van der Waals surface area (Å²) in [6.07, 6.45) is -0.779. The summed E-state index contributed by atoms with van der Waals surface area (Å²) >= 11 is 0. The largest absolute Gasteiger partial charge is 0.444 e. The summed E-state index contributed by atoms with van der Waals surface area (Å²) in [6.45, 7) is 7.54. The van der Waals surface area contributed by atoms with Gasteiger partial charge in [-0.1, -0.05) is 12.1 Å². The summed E-state index contributed by atoms with van der Waals surface area (Å²) in [6, 6.07) is 7.13. The third-order valence-corrected chi connectivity index (χ3v) is 3.53. The van der Waals surface area contributed by atoms with Gasteiger partial charge in [-0.2, -0.15) is 0 Å². The van der Waals surface area contributed by atoms with Crippen LogP contribution in [0.4, 0.5) is 9.59 Å². The first kappa shape index (κ1) is 18.1. The molecule has 132 valence electrons. The molecule has 0 radical (unpaired) electrons. The molecule has 0 saturated carbocycles. The van der Waals surface area contributed by atoms with Crippen molar-refractivity contribution in [1.82, 2.24) is 9.80 Å². The highest BCUT2D eigenvalue weighted by Crippen LogP contribution is 2.16. The van der Waals surface area contributed by atoms with Crippen molar-refractivity contribution in [2.75, 3.05) is 26.2 Å². The molecular formula is C17H25N3O4. The van der Waals surface area contributed by atoms with Crippen LogP contribution in [0.3, 0.4) is 0 Å². The van der Waals surface area contributed by atoms with Gasteiger partial charge in [0.25, 0.3) is 0 Å². The Balaban J connectivity index is 1.85. The third-order valence-electron chi connectivity index (χ3n) is 3.53. The Morgan fingerprint density at radius 3 is 2.21 bits per heavy atom. The summed E-state index contributed by atoms with van der Waals surface area (Å²) in [5, 5.41) is 0. The smallest absolute Gasteiger partial charge is 0.415 e. The number of ether oxygens (including phenoxy) is 2. The van der Waals surface area contributed by atoms with E-state index in [1.165, 1.54) is 0 Å². The zero-order valence-electron chi connectivity index (χ0n) is 14.4. The van der Waals surface area contributed by atoms with Crippen LogP contribution in [0.25, 0.3) is 0 Å². The van der Waals surface area contributed by atoms with Gasteiger partial charge in [-0.05, 0) is 38.5 Å². The molecule has 1 aliphatic rings. The average molecular weight is 335 g/mol. The molecule has 0 aromatic heterocycles. The zero-order valence-corrected chi connectivity index (χ0v) is 14.4. The minimum absolute atomic E-state index is 0.355. The number of nitrogens with two attached hydrogens (primary N) is 1. The molecule has 1 aromatic rings. The van der Waals surface area contributed by atoms with Crippen LogP contribution < -0.4 is 10.5 Å². The zero-order chi connectivity index (χ0) is 17.7. The number of hydrogen-bond acceptors (Lipinski definition) is 5. The molecule has 1 aliphatic heterocycles. The van der Waals surface area contributed by atoms with Crippen molar-refractivity contribution < 1.29 is 19.1 Å². The molecule has 1 fully saturated rings. The number of benzene rings is 1. The first-order valence-corrected chi connectivity index (χ1v) is 8.02. The monoisotopic (exact) mass is 335 g/mol. The number of hydrogen-bond donors (Lipinski definition) is 1. The third kappa shape index (κ3) is 5.13. The van der Waals surface area contributed by atoms with Gasteiger partial charge in [0, 0.05) is 32.7 Å². The minimum atomic E-state index is -0.527. The van der Waals surface area contributed by atoms with Crippen molar-refractivity contribution in [3.8, 4) is 5.75 Å². The van der Waals surface area contributed by atoms with Crippen LogP contribution in [0.1, 0.15) is 26.3 Å². The van der Waals surface area contributed by atoms with Gasteiger partial charge in [0.1, 0.15) is 11.4 Å². The van der Waals surface area contributed by atoms with Crippen LogP contribution in [0, 0.1) is 0 Å². The molecule has 2 N–H and O–H groups in total. The topological polar surface area (TPSA) is 85.1 Å². The second kappa shape index (κ2) is 7.53. The summed E-state index contributed by atoms with van der Waals surface area (Å²) < 4.78 is 10.7. The number of carbonyl (C=O) groups excluding carboxylic acids is 2. The SMILES string of the molecule is CC(C)(C)OC(=O)N1CCN(C(=O)Oc2cccc(CN)c2)CC1. The maximum absolute atomic E-state index is 12.2. The van der Waals surface area contributed by atoms with E-state index in [1.807, 2.05) is 26.8 Å². The maximum atomic E-state index is 12.2. The van der Waals surface area contributed by atoms with Crippen molar-refractivity contribution in [1.29, 1.82) is 0 Å². The fraction of sp³-hybridized carbons (Fsp3) is 0.529. The van der Waals surface area contributed by atoms with E-state index in [4.69, 9.17) is 15.2 Å². The summed E-state index contributed by atoms with van der Waals surface area (Å²) in [7, 11) is 0. The lowest BCUT2D eigenvalue weighted by Crippen LogP contribution is -2.52. The number of nitrogens with zero attached hydrogens (tertiary/aromatic N) is 2. The molecule has 1 aromatic carbocycles. The summed E-state index contributed by atoms with van der Waals surface area (Å²) in [4.78, 5) is 27.4. The Morgan fingerprint density at radius 1 is 1.08 bits per heavy atom. The van der Waals surface area contributed by atoms with Crippen LogP contribution in [0.5, 0.6) is 5.75 Å². The van der Waals surface area contributed by atoms with Gasteiger partial charge < -0.3 is 25.0 Å². The van der Waals surface area contributed by atoms with Crippen molar-refractivity contribution in [3.63, 3.8) is 0 Å². The highest BCUT2D eigenvalue weighted by atomic mass is 16.6. The lowest BCUT2D eigenvalue weighted by atomic mass is 10.2. The number of carbonyl (C=O) groups is 2. The highest BCUT2D eigenvalue weighted by Gasteiger charge is 2.28. The summed E-state index contributed by atoms with van der Waals surface area (Å²) in [5.41, 5.74) is 5.95. The second-order valence-electron chi connectivity index (χ2n) is 6.67. The quantitative estimate of drug-likeness (QED) is 0.895. The number of piperazine rings is 1. The van der Waals surface area contributed by atoms with Gasteiger partial charge in [0.05, 0.1) is 0 Å². The molecule has 0 aliphatic carbocycles. The molecule has 7 heteroatoms. The van der Waals surface area contributed by atoms with E-state index in [2.05, 4.69) is 0 Å². The number of rotatable bonds is 2. The Labute approximate surface area is 142 Å². The van der Waals surface area contributed by atoms with Crippen molar-refractivity contribution >= 4 is 12.2 Å². The molecule has 0 atom stereocenters. The standard InChI is InChI=1S/C17H25N3O4/c1-17(2,3)24-16(22)20-9-7-19(8-10-20)15(21)23-14-6-4-5-13(11-14)12-18/h4-6,11H,7-10,12,18H2,1-3H3. The number of amides is 2. The van der Waals surface area contributed by atoms with Gasteiger partial charge in [-0.3, -0.25) is 0 Å². The molecule has 0 spiro atoms. The molecule has 0 bridgehead atoms. The van der Waals surface area contributed by atoms with Crippen LogP contribution in [0.15, 0.2) is 24.3 Å². The van der Waals surface area contributed by atoms with E-state index in [0.717, 1.165) is 5.56 Å². The molecule has 7 nitrogen and oxygen atoms in total. The average Bonchev–Trinajstić information content (AvgIpc) is 2.53. The molecule has 1 saturated heterocycles. The van der Waals surface area contributed by atoms with Crippen LogP contribution in [-0.2, 0) is 11.3 Å². The van der Waals surface area contributed by atoms with E-state index < -0.39 is 11.7 Å².